The second-order valence-electron chi connectivity index (χ2n) is 7.88. The Hall–Kier alpha value is -2.83. The lowest BCUT2D eigenvalue weighted by Gasteiger charge is -2.19. The van der Waals surface area contributed by atoms with Gasteiger partial charge in [-0.05, 0) is 60.9 Å². The summed E-state index contributed by atoms with van der Waals surface area (Å²) in [4.78, 5) is 15.3. The third-order valence-corrected chi connectivity index (χ3v) is 5.75. The highest BCUT2D eigenvalue weighted by Gasteiger charge is 2.21. The van der Waals surface area contributed by atoms with Crippen molar-refractivity contribution in [2.45, 2.75) is 50.9 Å². The van der Waals surface area contributed by atoms with Crippen LogP contribution in [0, 0.1) is 0 Å². The number of amides is 1. The molecule has 0 saturated carbocycles. The maximum absolute atomic E-state index is 11.8. The molecule has 0 saturated heterocycles. The number of benzene rings is 2. The van der Waals surface area contributed by atoms with Gasteiger partial charge in [0.15, 0.2) is 0 Å². The average Bonchev–Trinajstić information content (AvgIpc) is 3.15. The molecule has 0 aliphatic heterocycles. The predicted molar refractivity (Wildman–Crippen MR) is 115 cm³/mol. The molecule has 0 bridgehead atoms. The molecule has 0 spiro atoms. The van der Waals surface area contributed by atoms with E-state index < -0.39 is 18.3 Å². The van der Waals surface area contributed by atoms with Crippen LogP contribution in [0.5, 0.6) is 0 Å². The number of alkyl carbamates (subject to hydrolysis) is 1. The molecule has 0 radical (unpaired) electrons. The molecule has 1 amide bonds. The maximum atomic E-state index is 11.8. The van der Waals surface area contributed by atoms with Crippen LogP contribution >= 0.6 is 0 Å². The molecule has 6 heteroatoms. The Balaban J connectivity index is 1.29. The zero-order chi connectivity index (χ0) is 20.9. The standard InChI is InChI=1S/C24H28N2O4/c27-22(12-13-25-24(29)30-15-16-6-2-1-3-7-16)23(28)17-10-11-21-19(14-17)18-8-4-5-9-20(18)26-21/h1-3,6-7,10-11,14,22-23,26-28H,4-5,8-9,12-13,15H2,(H,25,29). The van der Waals surface area contributed by atoms with E-state index in [9.17, 15) is 15.0 Å². The molecule has 4 rings (SSSR count). The number of carbonyl (C=O) groups is 1. The number of fused-ring (bicyclic) bond motifs is 3. The van der Waals surface area contributed by atoms with Crippen molar-refractivity contribution in [1.82, 2.24) is 10.3 Å². The Labute approximate surface area is 175 Å². The third kappa shape index (κ3) is 4.66. The van der Waals surface area contributed by atoms with Gasteiger partial charge in [-0.15, -0.1) is 0 Å². The van der Waals surface area contributed by atoms with Gasteiger partial charge in [-0.2, -0.15) is 0 Å². The van der Waals surface area contributed by atoms with Crippen LogP contribution in [0.25, 0.3) is 10.9 Å². The fourth-order valence-corrected chi connectivity index (χ4v) is 4.08. The van der Waals surface area contributed by atoms with E-state index in [1.807, 2.05) is 48.5 Å². The zero-order valence-corrected chi connectivity index (χ0v) is 16.9. The van der Waals surface area contributed by atoms with E-state index in [1.165, 1.54) is 24.1 Å². The van der Waals surface area contributed by atoms with Crippen molar-refractivity contribution in [3.8, 4) is 0 Å². The van der Waals surface area contributed by atoms with Crippen LogP contribution in [0.15, 0.2) is 48.5 Å². The topological polar surface area (TPSA) is 94.6 Å². The van der Waals surface area contributed by atoms with Crippen LogP contribution in [0.1, 0.15) is 47.8 Å². The van der Waals surface area contributed by atoms with Gasteiger partial charge in [0.2, 0.25) is 0 Å². The highest BCUT2D eigenvalue weighted by molar-refractivity contribution is 5.85. The van der Waals surface area contributed by atoms with Crippen LogP contribution in [0.3, 0.4) is 0 Å². The molecular formula is C24H28N2O4. The minimum atomic E-state index is -1.01. The lowest BCUT2D eigenvalue weighted by atomic mass is 9.94. The summed E-state index contributed by atoms with van der Waals surface area (Å²) in [5.74, 6) is 0. The number of aliphatic hydroxyl groups excluding tert-OH is 2. The Morgan fingerprint density at radius 1 is 1.10 bits per heavy atom. The zero-order valence-electron chi connectivity index (χ0n) is 16.9. The summed E-state index contributed by atoms with van der Waals surface area (Å²) >= 11 is 0. The molecule has 1 heterocycles. The molecule has 1 aliphatic carbocycles. The predicted octanol–water partition coefficient (Wildman–Crippen LogP) is 3.76. The van der Waals surface area contributed by atoms with Crippen molar-refractivity contribution < 1.29 is 19.7 Å². The van der Waals surface area contributed by atoms with Crippen molar-refractivity contribution in [3.63, 3.8) is 0 Å². The Bertz CT molecular complexity index is 999. The smallest absolute Gasteiger partial charge is 0.407 e. The highest BCUT2D eigenvalue weighted by atomic mass is 16.5. The monoisotopic (exact) mass is 408 g/mol. The molecule has 6 nitrogen and oxygen atoms in total. The molecule has 3 aromatic rings. The maximum Gasteiger partial charge on any atom is 0.407 e. The van der Waals surface area contributed by atoms with Gasteiger partial charge in [0.25, 0.3) is 0 Å². The van der Waals surface area contributed by atoms with Crippen molar-refractivity contribution in [2.75, 3.05) is 6.54 Å². The van der Waals surface area contributed by atoms with Crippen molar-refractivity contribution in [3.05, 3.63) is 70.9 Å². The Kier molecular flexibility index (Phi) is 6.35. The second kappa shape index (κ2) is 9.32. The second-order valence-corrected chi connectivity index (χ2v) is 7.88. The molecule has 4 N–H and O–H groups in total. The third-order valence-electron chi connectivity index (χ3n) is 5.75. The summed E-state index contributed by atoms with van der Waals surface area (Å²) < 4.78 is 5.15. The Morgan fingerprint density at radius 2 is 1.90 bits per heavy atom. The lowest BCUT2D eigenvalue weighted by Crippen LogP contribution is -2.29. The van der Waals surface area contributed by atoms with E-state index >= 15 is 0 Å². The van der Waals surface area contributed by atoms with Crippen LogP contribution < -0.4 is 5.32 Å². The number of hydrogen-bond donors (Lipinski definition) is 4. The summed E-state index contributed by atoms with van der Waals surface area (Å²) in [6.45, 7) is 0.409. The van der Waals surface area contributed by atoms with E-state index in [2.05, 4.69) is 10.3 Å². The van der Waals surface area contributed by atoms with Crippen LogP contribution in [0.4, 0.5) is 4.79 Å². The minimum Gasteiger partial charge on any atom is -0.445 e. The molecule has 30 heavy (non-hydrogen) atoms. The number of carbonyl (C=O) groups excluding carboxylic acids is 1. The van der Waals surface area contributed by atoms with E-state index in [4.69, 9.17) is 4.74 Å². The van der Waals surface area contributed by atoms with Gasteiger partial charge in [0.05, 0.1) is 6.10 Å². The molecule has 0 fully saturated rings. The van der Waals surface area contributed by atoms with Gasteiger partial charge in [-0.3, -0.25) is 0 Å². The van der Waals surface area contributed by atoms with Gasteiger partial charge in [0.1, 0.15) is 12.7 Å². The number of aliphatic hydroxyl groups is 2. The number of aryl methyl sites for hydroxylation is 2. The first-order valence-electron chi connectivity index (χ1n) is 10.6. The number of aromatic amines is 1. The fourth-order valence-electron chi connectivity index (χ4n) is 4.08. The minimum absolute atomic E-state index is 0.193. The van der Waals surface area contributed by atoms with Gasteiger partial charge < -0.3 is 25.3 Å². The first-order valence-corrected chi connectivity index (χ1v) is 10.6. The van der Waals surface area contributed by atoms with Gasteiger partial charge in [-0.25, -0.2) is 4.79 Å². The highest BCUT2D eigenvalue weighted by Crippen LogP contribution is 2.31. The molecule has 2 unspecified atom stereocenters. The van der Waals surface area contributed by atoms with Gasteiger partial charge in [-0.1, -0.05) is 36.4 Å². The molecule has 158 valence electrons. The molecule has 1 aromatic heterocycles. The molecule has 1 aliphatic rings. The van der Waals surface area contributed by atoms with Crippen molar-refractivity contribution >= 4 is 17.0 Å². The van der Waals surface area contributed by atoms with Crippen LogP contribution in [-0.4, -0.2) is 33.9 Å². The number of rotatable bonds is 7. The molecule has 2 aromatic carbocycles. The van der Waals surface area contributed by atoms with E-state index in [1.54, 1.807) is 0 Å². The van der Waals surface area contributed by atoms with Crippen LogP contribution in [-0.2, 0) is 24.2 Å². The average molecular weight is 408 g/mol. The number of aromatic nitrogens is 1. The van der Waals surface area contributed by atoms with Crippen molar-refractivity contribution in [1.29, 1.82) is 0 Å². The summed E-state index contributed by atoms with van der Waals surface area (Å²) in [5, 5.41) is 24.8. The van der Waals surface area contributed by atoms with Crippen LogP contribution in [0.2, 0.25) is 0 Å². The van der Waals surface area contributed by atoms with E-state index in [0.717, 1.165) is 29.3 Å². The number of hydrogen-bond acceptors (Lipinski definition) is 4. The molecule has 2 atom stereocenters. The number of nitrogens with one attached hydrogen (secondary N) is 2. The normalized spacial score (nSPS) is 15.4. The van der Waals surface area contributed by atoms with E-state index in [-0.39, 0.29) is 19.6 Å². The summed E-state index contributed by atoms with van der Waals surface area (Å²) in [6, 6.07) is 15.2. The van der Waals surface area contributed by atoms with E-state index in [0.29, 0.717) is 5.56 Å². The fraction of sp³-hybridized carbons (Fsp3) is 0.375. The Morgan fingerprint density at radius 3 is 2.73 bits per heavy atom. The first kappa shape index (κ1) is 20.4. The SMILES string of the molecule is O=C(NCCC(O)C(O)c1ccc2[nH]c3c(c2c1)CCCC3)OCc1ccccc1. The largest absolute Gasteiger partial charge is 0.445 e. The summed E-state index contributed by atoms with van der Waals surface area (Å²) in [5.41, 5.74) is 5.30. The lowest BCUT2D eigenvalue weighted by molar-refractivity contribution is 0.0137. The number of ether oxygens (including phenoxy) is 1. The number of H-pyrrole nitrogens is 1. The summed E-state index contributed by atoms with van der Waals surface area (Å²) in [7, 11) is 0. The molecular weight excluding hydrogens is 380 g/mol. The van der Waals surface area contributed by atoms with Gasteiger partial charge in [0, 0.05) is 23.1 Å². The first-order chi connectivity index (χ1) is 14.6. The van der Waals surface area contributed by atoms with Crippen molar-refractivity contribution in [2.24, 2.45) is 0 Å². The summed E-state index contributed by atoms with van der Waals surface area (Å²) in [6.07, 6.45) is 2.20. The van der Waals surface area contributed by atoms with Gasteiger partial charge >= 0.3 is 6.09 Å². The quantitative estimate of drug-likeness (QED) is 0.479.